The van der Waals surface area contributed by atoms with Crippen molar-refractivity contribution in [2.45, 2.75) is 33.2 Å². The minimum absolute atomic E-state index is 0.211. The minimum Gasteiger partial charge on any atom is -0.361 e. The molecule has 3 heterocycles. The Balaban J connectivity index is 1.60. The van der Waals surface area contributed by atoms with E-state index in [1.54, 1.807) is 6.92 Å². The van der Waals surface area contributed by atoms with Crippen molar-refractivity contribution in [3.05, 3.63) is 17.5 Å². The molecule has 1 amide bonds. The van der Waals surface area contributed by atoms with Crippen LogP contribution in [0.3, 0.4) is 0 Å². The van der Waals surface area contributed by atoms with Crippen LogP contribution in [0.25, 0.3) is 0 Å². The minimum atomic E-state index is 0.211. The van der Waals surface area contributed by atoms with Gasteiger partial charge < -0.3 is 9.42 Å². The van der Waals surface area contributed by atoms with Gasteiger partial charge in [0, 0.05) is 44.6 Å². The number of nitrogens with zero attached hydrogens (tertiary/aromatic N) is 3. The zero-order chi connectivity index (χ0) is 13.5. The van der Waals surface area contributed by atoms with Crippen molar-refractivity contribution in [1.29, 1.82) is 0 Å². The lowest BCUT2D eigenvalue weighted by Crippen LogP contribution is -2.32. The van der Waals surface area contributed by atoms with Crippen LogP contribution in [0, 0.1) is 12.3 Å². The number of aryl methyl sites for hydroxylation is 1. The number of aromatic nitrogens is 1. The molecular formula is C14H21N3O2. The summed E-state index contributed by atoms with van der Waals surface area (Å²) in [5.74, 6) is 1.08. The van der Waals surface area contributed by atoms with Crippen molar-refractivity contribution in [2.24, 2.45) is 5.41 Å². The Morgan fingerprint density at radius 1 is 1.42 bits per heavy atom. The molecule has 3 rings (SSSR count). The zero-order valence-corrected chi connectivity index (χ0v) is 11.7. The normalized spacial score (nSPS) is 27.6. The van der Waals surface area contributed by atoms with Crippen LogP contribution >= 0.6 is 0 Å². The van der Waals surface area contributed by atoms with E-state index in [0.717, 1.165) is 50.6 Å². The van der Waals surface area contributed by atoms with E-state index < -0.39 is 0 Å². The number of carbonyl (C=O) groups is 1. The van der Waals surface area contributed by atoms with Crippen LogP contribution in [0.5, 0.6) is 0 Å². The summed E-state index contributed by atoms with van der Waals surface area (Å²) in [4.78, 5) is 15.9. The van der Waals surface area contributed by atoms with Gasteiger partial charge in [0.05, 0.1) is 5.69 Å². The van der Waals surface area contributed by atoms with E-state index in [-0.39, 0.29) is 5.91 Å². The fourth-order valence-corrected chi connectivity index (χ4v) is 3.42. The second-order valence-electron chi connectivity index (χ2n) is 6.08. The van der Waals surface area contributed by atoms with E-state index in [2.05, 4.69) is 10.1 Å². The van der Waals surface area contributed by atoms with Gasteiger partial charge in [-0.3, -0.25) is 9.69 Å². The van der Waals surface area contributed by atoms with E-state index in [4.69, 9.17) is 4.52 Å². The van der Waals surface area contributed by atoms with Crippen molar-refractivity contribution < 1.29 is 9.32 Å². The lowest BCUT2D eigenvalue weighted by molar-refractivity contribution is -0.128. The maximum atomic E-state index is 11.5. The summed E-state index contributed by atoms with van der Waals surface area (Å²) >= 11 is 0. The van der Waals surface area contributed by atoms with E-state index in [1.165, 1.54) is 6.42 Å². The summed E-state index contributed by atoms with van der Waals surface area (Å²) in [6, 6.07) is 2.00. The molecule has 104 valence electrons. The molecule has 2 aliphatic rings. The average molecular weight is 263 g/mol. The molecule has 0 N–H and O–H groups in total. The van der Waals surface area contributed by atoms with Gasteiger partial charge in [0.2, 0.25) is 5.91 Å². The van der Waals surface area contributed by atoms with Crippen LogP contribution in [0.4, 0.5) is 0 Å². The maximum Gasteiger partial charge on any atom is 0.219 e. The standard InChI is InChI=1S/C14H21N3O2/c1-11-7-13(15-19-11)8-16-5-3-14(9-16)4-6-17(10-14)12(2)18/h7H,3-6,8-10H2,1-2H3/t14-/m0/s1. The molecule has 1 aromatic heterocycles. The molecule has 1 aromatic rings. The molecular weight excluding hydrogens is 242 g/mol. The van der Waals surface area contributed by atoms with Gasteiger partial charge >= 0.3 is 0 Å². The highest BCUT2D eigenvalue weighted by molar-refractivity contribution is 5.73. The summed E-state index contributed by atoms with van der Waals surface area (Å²) in [6.45, 7) is 8.47. The Morgan fingerprint density at radius 3 is 2.84 bits per heavy atom. The van der Waals surface area contributed by atoms with Crippen LogP contribution in [0.1, 0.15) is 31.2 Å². The van der Waals surface area contributed by atoms with E-state index >= 15 is 0 Å². The van der Waals surface area contributed by atoms with Crippen molar-refractivity contribution in [3.8, 4) is 0 Å². The SMILES string of the molecule is CC(=O)N1CC[C@]2(CCN(Cc3cc(C)on3)C2)C1. The molecule has 19 heavy (non-hydrogen) atoms. The molecule has 0 bridgehead atoms. The number of hydrogen-bond acceptors (Lipinski definition) is 4. The topological polar surface area (TPSA) is 49.6 Å². The highest BCUT2D eigenvalue weighted by Crippen LogP contribution is 2.39. The third kappa shape index (κ3) is 2.52. The molecule has 0 aromatic carbocycles. The summed E-state index contributed by atoms with van der Waals surface area (Å²) in [6.07, 6.45) is 2.33. The van der Waals surface area contributed by atoms with Crippen molar-refractivity contribution >= 4 is 5.91 Å². The third-order valence-electron chi connectivity index (χ3n) is 4.46. The summed E-state index contributed by atoms with van der Waals surface area (Å²) in [7, 11) is 0. The van der Waals surface area contributed by atoms with Gasteiger partial charge in [-0.15, -0.1) is 0 Å². The van der Waals surface area contributed by atoms with Crippen LogP contribution in [-0.2, 0) is 11.3 Å². The molecule has 5 heteroatoms. The predicted molar refractivity (Wildman–Crippen MR) is 70.4 cm³/mol. The zero-order valence-electron chi connectivity index (χ0n) is 11.7. The van der Waals surface area contributed by atoms with Gasteiger partial charge in [-0.05, 0) is 26.3 Å². The monoisotopic (exact) mass is 263 g/mol. The van der Waals surface area contributed by atoms with Gasteiger partial charge in [-0.2, -0.15) is 0 Å². The molecule has 1 atom stereocenters. The second kappa shape index (κ2) is 4.63. The molecule has 2 aliphatic heterocycles. The summed E-state index contributed by atoms with van der Waals surface area (Å²) in [5, 5.41) is 4.06. The smallest absolute Gasteiger partial charge is 0.219 e. The number of carbonyl (C=O) groups excluding carboxylic acids is 1. The Morgan fingerprint density at radius 2 is 2.21 bits per heavy atom. The van der Waals surface area contributed by atoms with Crippen LogP contribution in [0.15, 0.2) is 10.6 Å². The van der Waals surface area contributed by atoms with E-state index in [9.17, 15) is 4.79 Å². The molecule has 2 fully saturated rings. The fraction of sp³-hybridized carbons (Fsp3) is 0.714. The maximum absolute atomic E-state index is 11.5. The number of amides is 1. The summed E-state index contributed by atoms with van der Waals surface area (Å²) in [5.41, 5.74) is 1.33. The van der Waals surface area contributed by atoms with Gasteiger partial charge in [0.1, 0.15) is 5.76 Å². The van der Waals surface area contributed by atoms with Crippen LogP contribution in [-0.4, -0.2) is 47.0 Å². The van der Waals surface area contributed by atoms with Crippen molar-refractivity contribution in [2.75, 3.05) is 26.2 Å². The lowest BCUT2D eigenvalue weighted by atomic mass is 9.86. The Bertz CT molecular complexity index is 485. The van der Waals surface area contributed by atoms with Crippen molar-refractivity contribution in [3.63, 3.8) is 0 Å². The number of hydrogen-bond donors (Lipinski definition) is 0. The average Bonchev–Trinajstić information content (AvgIpc) is 3.04. The quantitative estimate of drug-likeness (QED) is 0.810. The van der Waals surface area contributed by atoms with Gasteiger partial charge in [-0.1, -0.05) is 5.16 Å². The second-order valence-corrected chi connectivity index (χ2v) is 6.08. The Hall–Kier alpha value is -1.36. The highest BCUT2D eigenvalue weighted by atomic mass is 16.5. The number of rotatable bonds is 2. The summed E-state index contributed by atoms with van der Waals surface area (Å²) < 4.78 is 5.11. The van der Waals surface area contributed by atoms with Crippen LogP contribution in [0.2, 0.25) is 0 Å². The van der Waals surface area contributed by atoms with Crippen LogP contribution < -0.4 is 0 Å². The largest absolute Gasteiger partial charge is 0.361 e. The van der Waals surface area contributed by atoms with E-state index in [1.807, 2.05) is 17.9 Å². The first-order chi connectivity index (χ1) is 9.06. The first-order valence-corrected chi connectivity index (χ1v) is 6.96. The molecule has 0 aliphatic carbocycles. The predicted octanol–water partition coefficient (Wildman–Crippen LogP) is 1.43. The first-order valence-electron chi connectivity index (χ1n) is 6.96. The van der Waals surface area contributed by atoms with E-state index in [0.29, 0.717) is 5.41 Å². The van der Waals surface area contributed by atoms with Gasteiger partial charge in [0.15, 0.2) is 0 Å². The fourth-order valence-electron chi connectivity index (χ4n) is 3.42. The molecule has 1 spiro atoms. The Labute approximate surface area is 113 Å². The third-order valence-corrected chi connectivity index (χ3v) is 4.46. The molecule has 0 saturated carbocycles. The van der Waals surface area contributed by atoms with Gasteiger partial charge in [-0.25, -0.2) is 0 Å². The molecule has 5 nitrogen and oxygen atoms in total. The Kier molecular flexibility index (Phi) is 3.09. The molecule has 0 radical (unpaired) electrons. The first kappa shape index (κ1) is 12.7. The molecule has 2 saturated heterocycles. The van der Waals surface area contributed by atoms with Gasteiger partial charge in [0.25, 0.3) is 0 Å². The van der Waals surface area contributed by atoms with Crippen molar-refractivity contribution in [1.82, 2.24) is 15.0 Å². The molecule has 0 unspecified atom stereocenters. The lowest BCUT2D eigenvalue weighted by Gasteiger charge is -2.24. The highest BCUT2D eigenvalue weighted by Gasteiger charge is 2.44. The number of likely N-dealkylation sites (tertiary alicyclic amines) is 2.